The summed E-state index contributed by atoms with van der Waals surface area (Å²) >= 11 is 0. The third kappa shape index (κ3) is 7.18. The molecule has 14 heteroatoms. The number of ether oxygens (including phenoxy) is 3. The van der Waals surface area contributed by atoms with Crippen molar-refractivity contribution >= 4 is 23.0 Å². The monoisotopic (exact) mass is 540 g/mol. The number of aliphatic hydroxyl groups is 2. The van der Waals surface area contributed by atoms with Crippen molar-refractivity contribution < 1.29 is 51.6 Å². The Balaban J connectivity index is 1.56. The molecule has 2 N–H and O–H groups in total. The second-order valence-corrected chi connectivity index (χ2v) is 14.1. The fraction of sp³-hybridized carbons (Fsp3) is 1.00. The highest BCUT2D eigenvalue weighted by Gasteiger charge is 2.47. The Morgan fingerprint density at radius 1 is 0.743 bits per heavy atom. The average molecular weight is 540 g/mol. The van der Waals surface area contributed by atoms with Crippen LogP contribution in [0.25, 0.3) is 0 Å². The lowest BCUT2D eigenvalue weighted by Gasteiger charge is -2.27. The van der Waals surface area contributed by atoms with E-state index in [1.807, 2.05) is 20.8 Å². The molecule has 2 radical (unpaired) electrons. The summed E-state index contributed by atoms with van der Waals surface area (Å²) in [7, 11) is -1.38. The van der Waals surface area contributed by atoms with Gasteiger partial charge in [-0.15, -0.1) is 0 Å². The normalized spacial score (nSPS) is 47.6. The lowest BCUT2D eigenvalue weighted by Crippen LogP contribution is -2.33. The fourth-order valence-corrected chi connectivity index (χ4v) is 6.94. The van der Waals surface area contributed by atoms with Gasteiger partial charge in [-0.25, -0.2) is 0 Å². The first kappa shape index (κ1) is 29.7. The SMILES string of the molecule is [B][C@@H]1O[C@H](COP(C)(=O)OC2C(C)[C@H](C)O[C@@H]2COP(C)(=O)OC2C(C)[C@H](C)O[C@@H]2O)C(O)C1C. The molecule has 3 saturated heterocycles. The van der Waals surface area contributed by atoms with Crippen LogP contribution in [0.5, 0.6) is 0 Å². The van der Waals surface area contributed by atoms with Crippen molar-refractivity contribution in [2.75, 3.05) is 26.5 Å². The Morgan fingerprint density at radius 3 is 1.71 bits per heavy atom. The molecule has 0 bridgehead atoms. The van der Waals surface area contributed by atoms with Crippen LogP contribution in [0.3, 0.4) is 0 Å². The van der Waals surface area contributed by atoms with E-state index >= 15 is 0 Å². The molecule has 0 aromatic heterocycles. The van der Waals surface area contributed by atoms with Gasteiger partial charge in [0.2, 0.25) is 0 Å². The van der Waals surface area contributed by atoms with Crippen LogP contribution in [0.1, 0.15) is 34.6 Å². The van der Waals surface area contributed by atoms with Crippen molar-refractivity contribution in [1.29, 1.82) is 0 Å². The molecule has 0 aromatic carbocycles. The van der Waals surface area contributed by atoms with Crippen LogP contribution < -0.4 is 0 Å². The zero-order valence-electron chi connectivity index (χ0n) is 21.4. The summed E-state index contributed by atoms with van der Waals surface area (Å²) in [5.41, 5.74) is 0. The minimum Gasteiger partial charge on any atom is -0.390 e. The van der Waals surface area contributed by atoms with E-state index in [-0.39, 0.29) is 43.2 Å². The van der Waals surface area contributed by atoms with Gasteiger partial charge in [0.25, 0.3) is 0 Å². The van der Waals surface area contributed by atoms with E-state index in [1.54, 1.807) is 13.8 Å². The number of hydrogen-bond acceptors (Lipinski definition) is 11. The predicted molar refractivity (Wildman–Crippen MR) is 128 cm³/mol. The third-order valence-corrected chi connectivity index (χ3v) is 9.74. The molecule has 0 aliphatic carbocycles. The number of hydrogen-bond donors (Lipinski definition) is 2. The molecule has 0 amide bonds. The van der Waals surface area contributed by atoms with Gasteiger partial charge < -0.3 is 38.0 Å². The quantitative estimate of drug-likeness (QED) is 0.311. The van der Waals surface area contributed by atoms with E-state index in [4.69, 9.17) is 40.2 Å². The minimum absolute atomic E-state index is 0.141. The first-order chi connectivity index (χ1) is 16.1. The van der Waals surface area contributed by atoms with Gasteiger partial charge in [-0.05, 0) is 13.8 Å². The van der Waals surface area contributed by atoms with Crippen LogP contribution in [0.4, 0.5) is 0 Å². The van der Waals surface area contributed by atoms with Crippen molar-refractivity contribution in [2.24, 2.45) is 17.8 Å². The van der Waals surface area contributed by atoms with Crippen LogP contribution in [0.15, 0.2) is 0 Å². The van der Waals surface area contributed by atoms with Crippen molar-refractivity contribution in [3.63, 3.8) is 0 Å². The molecule has 3 aliphatic heterocycles. The van der Waals surface area contributed by atoms with E-state index in [1.165, 1.54) is 13.3 Å². The summed E-state index contributed by atoms with van der Waals surface area (Å²) in [6, 6.07) is -0.628. The van der Waals surface area contributed by atoms with Gasteiger partial charge in [0.15, 0.2) is 6.29 Å². The molecular formula is C21H39BO11P2. The molecule has 11 nitrogen and oxygen atoms in total. The summed E-state index contributed by atoms with van der Waals surface area (Å²) in [4.78, 5) is 0. The summed E-state index contributed by atoms with van der Waals surface area (Å²) in [6.07, 6.45) is -5.38. The van der Waals surface area contributed by atoms with Crippen molar-refractivity contribution in [3.8, 4) is 0 Å². The van der Waals surface area contributed by atoms with Crippen molar-refractivity contribution in [2.45, 2.75) is 89.6 Å². The molecule has 3 aliphatic rings. The molecule has 35 heavy (non-hydrogen) atoms. The Kier molecular flexibility index (Phi) is 9.76. The number of rotatable bonds is 10. The standard InChI is InChI=1S/C21H39BO11P2/c1-10-13(4)29-16(9-28-35(7,26)33-19-11(2)14(5)30-21(19)24)18(10)32-34(6,25)27-8-15-17(23)12(3)20(22)31-15/h10-21,23-24H,8-9H2,1-7H3/t10?,11?,12?,13-,14-,15+,16+,17?,18?,19?,20+,21-,34?,35?/m0/s1. The lowest BCUT2D eigenvalue weighted by atomic mass is 9.86. The predicted octanol–water partition coefficient (Wildman–Crippen LogP) is 2.12. The maximum atomic E-state index is 13.1. The molecule has 3 fully saturated rings. The summed E-state index contributed by atoms with van der Waals surface area (Å²) < 4.78 is 65.4. The van der Waals surface area contributed by atoms with Gasteiger partial charge in [-0.1, -0.05) is 20.8 Å². The Hall–Kier alpha value is 0.165. The Labute approximate surface area is 208 Å². The van der Waals surface area contributed by atoms with Crippen LogP contribution >= 0.6 is 15.2 Å². The van der Waals surface area contributed by atoms with Crippen LogP contribution in [0.2, 0.25) is 0 Å². The van der Waals surface area contributed by atoms with Gasteiger partial charge in [0, 0.05) is 37.1 Å². The summed E-state index contributed by atoms with van der Waals surface area (Å²) in [5.74, 6) is -0.615. The van der Waals surface area contributed by atoms with Crippen LogP contribution in [-0.2, 0) is 41.4 Å². The zero-order valence-corrected chi connectivity index (χ0v) is 23.2. The smallest absolute Gasteiger partial charge is 0.328 e. The van der Waals surface area contributed by atoms with Gasteiger partial charge >= 0.3 is 15.2 Å². The van der Waals surface area contributed by atoms with E-state index in [0.717, 1.165) is 0 Å². The van der Waals surface area contributed by atoms with Crippen LogP contribution in [-0.4, -0.2) is 99.6 Å². The van der Waals surface area contributed by atoms with E-state index in [0.29, 0.717) is 0 Å². The zero-order chi connectivity index (χ0) is 26.3. The molecule has 14 atom stereocenters. The summed E-state index contributed by atoms with van der Waals surface area (Å²) in [6.45, 7) is 11.5. The number of aliphatic hydroxyl groups excluding tert-OH is 2. The third-order valence-electron chi connectivity index (χ3n) is 7.25. The Morgan fingerprint density at radius 2 is 1.23 bits per heavy atom. The fourth-order valence-electron chi connectivity index (χ4n) is 4.47. The summed E-state index contributed by atoms with van der Waals surface area (Å²) in [5, 5.41) is 20.3. The molecule has 8 unspecified atom stereocenters. The first-order valence-electron chi connectivity index (χ1n) is 12.0. The molecule has 0 saturated carbocycles. The van der Waals surface area contributed by atoms with E-state index in [2.05, 4.69) is 0 Å². The van der Waals surface area contributed by atoms with Gasteiger partial charge in [-0.2, -0.15) is 0 Å². The topological polar surface area (TPSA) is 139 Å². The second kappa shape index (κ2) is 11.5. The highest BCUT2D eigenvalue weighted by Crippen LogP contribution is 2.52. The highest BCUT2D eigenvalue weighted by molar-refractivity contribution is 7.53. The lowest BCUT2D eigenvalue weighted by molar-refractivity contribution is -0.120. The van der Waals surface area contributed by atoms with E-state index in [9.17, 15) is 19.3 Å². The maximum absolute atomic E-state index is 13.1. The van der Waals surface area contributed by atoms with Gasteiger partial charge in [0.1, 0.15) is 32.3 Å². The molecule has 3 rings (SSSR count). The average Bonchev–Trinajstić information content (AvgIpc) is 3.27. The molecular weight excluding hydrogens is 501 g/mol. The molecule has 3 heterocycles. The van der Waals surface area contributed by atoms with Crippen LogP contribution in [0, 0.1) is 17.8 Å². The first-order valence-corrected chi connectivity index (χ1v) is 16.0. The minimum atomic E-state index is -3.59. The highest BCUT2D eigenvalue weighted by atomic mass is 31.2. The second-order valence-electron chi connectivity index (χ2n) is 10.1. The maximum Gasteiger partial charge on any atom is 0.328 e. The van der Waals surface area contributed by atoms with Gasteiger partial charge in [-0.3, -0.25) is 13.7 Å². The Bertz CT molecular complexity index is 818. The van der Waals surface area contributed by atoms with Gasteiger partial charge in [0.05, 0.1) is 31.5 Å². The van der Waals surface area contributed by atoms with Crippen molar-refractivity contribution in [1.82, 2.24) is 0 Å². The van der Waals surface area contributed by atoms with Crippen molar-refractivity contribution in [3.05, 3.63) is 0 Å². The van der Waals surface area contributed by atoms with E-state index < -0.39 is 58.0 Å². The largest absolute Gasteiger partial charge is 0.390 e. The molecule has 0 aromatic rings. The molecule has 202 valence electrons. The molecule has 0 spiro atoms.